The third-order valence-electron chi connectivity index (χ3n) is 6.02. The molecule has 3 N–H and O–H groups in total. The van der Waals surface area contributed by atoms with E-state index in [1.807, 2.05) is 52.1 Å². The van der Waals surface area contributed by atoms with Crippen molar-refractivity contribution in [3.05, 3.63) is 57.6 Å². The minimum absolute atomic E-state index is 0.646. The Labute approximate surface area is 216 Å². The molecule has 0 saturated carbocycles. The van der Waals surface area contributed by atoms with Crippen LogP contribution >= 0.6 is 18.5 Å². The molecule has 10 heteroatoms. The molecule has 190 valence electrons. The molecule has 0 spiro atoms. The van der Waals surface area contributed by atoms with Gasteiger partial charge >= 0.3 is 0 Å². The zero-order chi connectivity index (χ0) is 25.9. The number of hydrogen-bond donors (Lipinski definition) is 3. The second-order valence-corrected chi connectivity index (χ2v) is 13.1. The molecule has 0 saturated heterocycles. The highest BCUT2D eigenvalue weighted by Gasteiger charge is 2.21. The molecule has 0 unspecified atom stereocenters. The first-order valence-corrected chi connectivity index (χ1v) is 15.4. The van der Waals surface area contributed by atoms with Crippen LogP contribution in [0.5, 0.6) is 0 Å². The molecule has 0 radical (unpaired) electrons. The summed E-state index contributed by atoms with van der Waals surface area (Å²) in [6.07, 6.45) is 0. The lowest BCUT2D eigenvalue weighted by molar-refractivity contribution is 0.393. The first-order valence-electron chi connectivity index (χ1n) is 11.8. The van der Waals surface area contributed by atoms with Crippen LogP contribution < -0.4 is 21.3 Å². The summed E-state index contributed by atoms with van der Waals surface area (Å²) in [6.45, 7) is 11.9. The predicted octanol–water partition coefficient (Wildman–Crippen LogP) is 5.09. The normalized spacial score (nSPS) is 11.7. The van der Waals surface area contributed by atoms with Crippen molar-refractivity contribution in [2.24, 2.45) is 0 Å². The molecule has 0 fully saturated rings. The topological polar surface area (TPSA) is 105 Å². The Bertz CT molecular complexity index is 1370. The molecular formula is C26H33N6O2PS. The minimum Gasteiger partial charge on any atom is -0.361 e. The Morgan fingerprint density at radius 2 is 1.78 bits per heavy atom. The van der Waals surface area contributed by atoms with Crippen LogP contribution in [0.15, 0.2) is 39.5 Å². The average Bonchev–Trinajstić information content (AvgIpc) is 3.44. The van der Waals surface area contributed by atoms with Gasteiger partial charge in [-0.2, -0.15) is 11.3 Å². The smallest absolute Gasteiger partial charge is 0.163 e. The second-order valence-electron chi connectivity index (χ2n) is 9.18. The van der Waals surface area contributed by atoms with Gasteiger partial charge in [-0.05, 0) is 76.4 Å². The minimum atomic E-state index is -2.32. The summed E-state index contributed by atoms with van der Waals surface area (Å²) >= 11 is 1.64. The zero-order valence-electron chi connectivity index (χ0n) is 21.6. The predicted molar refractivity (Wildman–Crippen MR) is 149 cm³/mol. The maximum absolute atomic E-state index is 12.4. The van der Waals surface area contributed by atoms with Crippen molar-refractivity contribution >= 4 is 35.3 Å². The van der Waals surface area contributed by atoms with E-state index in [9.17, 15) is 4.57 Å². The Hall–Kier alpha value is -2.84. The van der Waals surface area contributed by atoms with Crippen molar-refractivity contribution in [1.82, 2.24) is 25.8 Å². The second kappa shape index (κ2) is 11.0. The molecule has 36 heavy (non-hydrogen) atoms. The number of aryl methyl sites for hydroxylation is 2. The fourth-order valence-electron chi connectivity index (χ4n) is 3.96. The quantitative estimate of drug-likeness (QED) is 0.195. The van der Waals surface area contributed by atoms with Crippen LogP contribution in [0.4, 0.5) is 11.5 Å². The van der Waals surface area contributed by atoms with Gasteiger partial charge in [0.25, 0.3) is 0 Å². The van der Waals surface area contributed by atoms with Gasteiger partial charge in [0.1, 0.15) is 18.7 Å². The summed E-state index contributed by atoms with van der Waals surface area (Å²) in [5.74, 6) is 2.07. The molecule has 3 aromatic heterocycles. The van der Waals surface area contributed by atoms with E-state index in [0.29, 0.717) is 11.6 Å². The van der Waals surface area contributed by atoms with Crippen LogP contribution in [0.3, 0.4) is 0 Å². The van der Waals surface area contributed by atoms with Crippen molar-refractivity contribution < 1.29 is 9.09 Å². The Balaban J connectivity index is 1.77. The number of hydrogen-bond acceptors (Lipinski definition) is 9. The summed E-state index contributed by atoms with van der Waals surface area (Å²) in [5, 5.41) is 19.3. The zero-order valence-corrected chi connectivity index (χ0v) is 23.3. The Morgan fingerprint density at radius 3 is 2.42 bits per heavy atom. The van der Waals surface area contributed by atoms with Crippen LogP contribution in [-0.4, -0.2) is 48.6 Å². The number of thiophene rings is 1. The summed E-state index contributed by atoms with van der Waals surface area (Å²) in [7, 11) is -0.378. The fraction of sp³-hybridized carbons (Fsp3) is 0.346. The van der Waals surface area contributed by atoms with Gasteiger partial charge < -0.3 is 25.0 Å². The van der Waals surface area contributed by atoms with Crippen molar-refractivity contribution in [2.75, 3.05) is 38.8 Å². The lowest BCUT2D eigenvalue weighted by Crippen LogP contribution is -2.24. The SMILES string of the molecule is CNCCNCc1cscc1-c1nc(Nc2ccc(P(C)(C)=O)cc2)c(C)c(-c2c(C)noc2C)n1. The lowest BCUT2D eigenvalue weighted by Gasteiger charge is -2.15. The first-order chi connectivity index (χ1) is 17.2. The van der Waals surface area contributed by atoms with E-state index in [4.69, 9.17) is 14.5 Å². The largest absolute Gasteiger partial charge is 0.361 e. The van der Waals surface area contributed by atoms with E-state index < -0.39 is 7.14 Å². The van der Waals surface area contributed by atoms with Crippen LogP contribution in [0.25, 0.3) is 22.6 Å². The van der Waals surface area contributed by atoms with E-state index in [-0.39, 0.29) is 0 Å². The Morgan fingerprint density at radius 1 is 1.03 bits per heavy atom. The molecule has 0 aliphatic rings. The highest BCUT2D eigenvalue weighted by Crippen LogP contribution is 2.37. The molecule has 0 amide bonds. The van der Waals surface area contributed by atoms with E-state index in [1.54, 1.807) is 24.7 Å². The summed E-state index contributed by atoms with van der Waals surface area (Å²) in [6, 6.07) is 7.69. The maximum Gasteiger partial charge on any atom is 0.163 e. The molecule has 0 bridgehead atoms. The first kappa shape index (κ1) is 26.2. The molecule has 8 nitrogen and oxygen atoms in total. The number of nitrogens with one attached hydrogen (secondary N) is 3. The Kier molecular flexibility index (Phi) is 8.05. The van der Waals surface area contributed by atoms with Crippen LogP contribution in [-0.2, 0) is 11.1 Å². The van der Waals surface area contributed by atoms with Gasteiger partial charge in [-0.25, -0.2) is 9.97 Å². The van der Waals surface area contributed by atoms with E-state index in [0.717, 1.165) is 70.0 Å². The van der Waals surface area contributed by atoms with Crippen molar-refractivity contribution in [2.45, 2.75) is 27.3 Å². The van der Waals surface area contributed by atoms with Crippen molar-refractivity contribution in [1.29, 1.82) is 0 Å². The standard InChI is InChI=1S/C26H33N6O2PS/c1-16-24(23-17(2)32-34-18(23)3)30-26(22-15-36-14-19(22)13-28-12-11-27-4)31-25(16)29-20-7-9-21(10-8-20)35(5,6)33/h7-10,14-15,27-28H,11-13H2,1-6H3,(H,29,30,31). The molecule has 4 rings (SSSR count). The number of rotatable bonds is 10. The molecule has 3 heterocycles. The van der Waals surface area contributed by atoms with Gasteiger partial charge in [0.05, 0.1) is 17.0 Å². The maximum atomic E-state index is 12.4. The highest BCUT2D eigenvalue weighted by atomic mass is 32.1. The van der Waals surface area contributed by atoms with Gasteiger partial charge in [0.2, 0.25) is 0 Å². The van der Waals surface area contributed by atoms with Gasteiger partial charge in [-0.3, -0.25) is 0 Å². The van der Waals surface area contributed by atoms with Gasteiger partial charge in [-0.1, -0.05) is 5.16 Å². The highest BCUT2D eigenvalue weighted by molar-refractivity contribution is 7.70. The van der Waals surface area contributed by atoms with Crippen LogP contribution in [0, 0.1) is 20.8 Å². The van der Waals surface area contributed by atoms with Gasteiger partial charge in [-0.15, -0.1) is 0 Å². The molecule has 1 aromatic carbocycles. The number of benzene rings is 1. The molecule has 4 aromatic rings. The summed E-state index contributed by atoms with van der Waals surface area (Å²) in [4.78, 5) is 9.97. The van der Waals surface area contributed by atoms with E-state index in [1.165, 1.54) is 0 Å². The molecular weight excluding hydrogens is 491 g/mol. The summed E-state index contributed by atoms with van der Waals surface area (Å²) in [5.41, 5.74) is 6.39. The number of likely N-dealkylation sites (N-methyl/N-ethyl adjacent to an activating group) is 1. The third-order valence-corrected chi connectivity index (χ3v) is 8.35. The monoisotopic (exact) mass is 524 g/mol. The third kappa shape index (κ3) is 5.76. The summed E-state index contributed by atoms with van der Waals surface area (Å²) < 4.78 is 17.9. The average molecular weight is 525 g/mol. The van der Waals surface area contributed by atoms with Crippen LogP contribution in [0.2, 0.25) is 0 Å². The molecule has 0 aliphatic heterocycles. The van der Waals surface area contributed by atoms with Crippen molar-refractivity contribution in [3.63, 3.8) is 0 Å². The number of nitrogens with zero attached hydrogens (tertiary/aromatic N) is 3. The lowest BCUT2D eigenvalue weighted by atomic mass is 10.0. The number of aromatic nitrogens is 3. The molecule has 0 aliphatic carbocycles. The molecule has 0 atom stereocenters. The van der Waals surface area contributed by atoms with Crippen LogP contribution in [0.1, 0.15) is 22.6 Å². The van der Waals surface area contributed by atoms with E-state index >= 15 is 0 Å². The van der Waals surface area contributed by atoms with E-state index in [2.05, 4.69) is 31.9 Å². The van der Waals surface area contributed by atoms with Gasteiger partial charge in [0.15, 0.2) is 5.82 Å². The van der Waals surface area contributed by atoms with Gasteiger partial charge in [0, 0.05) is 47.1 Å². The van der Waals surface area contributed by atoms with Crippen molar-refractivity contribution in [3.8, 4) is 22.6 Å². The number of anilines is 2. The fourth-order valence-corrected chi connectivity index (χ4v) is 5.66.